The van der Waals surface area contributed by atoms with Gasteiger partial charge in [0.15, 0.2) is 0 Å². The summed E-state index contributed by atoms with van der Waals surface area (Å²) in [6.45, 7) is 6.52. The highest BCUT2D eigenvalue weighted by Crippen LogP contribution is 2.44. The van der Waals surface area contributed by atoms with Crippen molar-refractivity contribution >= 4 is 96.3 Å². The Morgan fingerprint density at radius 1 is 0.630 bits per heavy atom. The second-order valence-corrected chi connectivity index (χ2v) is 19.7. The van der Waals surface area contributed by atoms with Crippen molar-refractivity contribution in [2.24, 2.45) is 0 Å². The van der Waals surface area contributed by atoms with Crippen LogP contribution in [0.5, 0.6) is 11.5 Å². The molecule has 1 atom stereocenters. The van der Waals surface area contributed by atoms with Gasteiger partial charge in [0.05, 0.1) is 54.2 Å². The summed E-state index contributed by atoms with van der Waals surface area (Å²) in [6, 6.07) is 37.6. The summed E-state index contributed by atoms with van der Waals surface area (Å²) in [6.07, 6.45) is -0.528. The van der Waals surface area contributed by atoms with Crippen molar-refractivity contribution in [1.82, 2.24) is 25.5 Å². The number of fused-ring (bicyclic) bond motifs is 7. The second kappa shape index (κ2) is 22.1. The molecule has 0 aliphatic heterocycles. The van der Waals surface area contributed by atoms with Gasteiger partial charge in [-0.25, -0.2) is 19.6 Å². The number of hydrogen-bond acceptors (Lipinski definition) is 11. The van der Waals surface area contributed by atoms with Crippen LogP contribution < -0.4 is 30.7 Å². The molecule has 6 aromatic carbocycles. The number of pyridine rings is 2. The highest BCUT2D eigenvalue weighted by atomic mass is 35.5. The summed E-state index contributed by atoms with van der Waals surface area (Å²) in [5.74, 6) is 0.784. The summed E-state index contributed by atoms with van der Waals surface area (Å²) >= 11 is 12.8. The first-order chi connectivity index (χ1) is 35.3. The summed E-state index contributed by atoms with van der Waals surface area (Å²) in [4.78, 5) is 53.5. The molecule has 0 saturated heterocycles. The maximum absolute atomic E-state index is 15.0. The van der Waals surface area contributed by atoms with Crippen molar-refractivity contribution in [2.75, 3.05) is 64.2 Å². The van der Waals surface area contributed by atoms with E-state index in [1.54, 1.807) is 39.9 Å². The lowest BCUT2D eigenvalue weighted by molar-refractivity contribution is -0.133. The van der Waals surface area contributed by atoms with Crippen molar-refractivity contribution in [1.29, 1.82) is 0 Å². The Balaban J connectivity index is 0.954. The van der Waals surface area contributed by atoms with Crippen LogP contribution in [-0.2, 0) is 14.3 Å². The fourth-order valence-corrected chi connectivity index (χ4v) is 9.76. The fraction of sp³-hybridized carbons (Fsp3) is 0.281. The number of rotatable bonds is 18. The Hall–Kier alpha value is -7.55. The first kappa shape index (κ1) is 50.4. The lowest BCUT2D eigenvalue weighted by Gasteiger charge is -2.29. The molecule has 2 heterocycles. The number of benzene rings is 6. The van der Waals surface area contributed by atoms with E-state index in [9.17, 15) is 14.4 Å². The molecule has 0 spiro atoms. The minimum absolute atomic E-state index is 0.0772. The molecule has 4 N–H and O–H groups in total. The SMILES string of the molecule is COc1ccc2nc3cc(Cl)ccc3c(NCCCN(CCCNc3c4ccc(Cl)cc4nc4ccc(OC)cc34)C(=O)[C@H](CNC(=O)OCC3c4ccccc4-c4ccccc43)NC(=O)OC(C)(C)C)c2c1. The molecule has 73 heavy (non-hydrogen) atoms. The Morgan fingerprint density at radius 2 is 1.14 bits per heavy atom. The molecule has 3 amide bonds. The third-order valence-electron chi connectivity index (χ3n) is 12.8. The lowest BCUT2D eigenvalue weighted by atomic mass is 9.98. The lowest BCUT2D eigenvalue weighted by Crippen LogP contribution is -2.55. The molecule has 8 aromatic rings. The molecule has 0 saturated carbocycles. The van der Waals surface area contributed by atoms with Gasteiger partial charge in [0.25, 0.3) is 0 Å². The van der Waals surface area contributed by atoms with Crippen LogP contribution in [0.25, 0.3) is 54.7 Å². The molecule has 0 unspecified atom stereocenters. The van der Waals surface area contributed by atoms with Crippen molar-refractivity contribution in [3.8, 4) is 22.6 Å². The molecule has 2 aromatic heterocycles. The number of nitrogens with one attached hydrogen (secondary N) is 4. The van der Waals surface area contributed by atoms with Crippen molar-refractivity contribution in [3.05, 3.63) is 142 Å². The Bertz CT molecular complexity index is 3180. The van der Waals surface area contributed by atoms with Crippen LogP contribution >= 0.6 is 23.2 Å². The molecule has 0 fully saturated rings. The predicted molar refractivity (Wildman–Crippen MR) is 291 cm³/mol. The Morgan fingerprint density at radius 3 is 1.63 bits per heavy atom. The van der Waals surface area contributed by atoms with Crippen LogP contribution in [0.1, 0.15) is 50.7 Å². The summed E-state index contributed by atoms with van der Waals surface area (Å²) in [7, 11) is 3.24. The highest BCUT2D eigenvalue weighted by molar-refractivity contribution is 6.32. The molecular weight excluding hydrogens is 966 g/mol. The van der Waals surface area contributed by atoms with Gasteiger partial charge in [-0.3, -0.25) is 4.79 Å². The zero-order valence-electron chi connectivity index (χ0n) is 41.3. The maximum Gasteiger partial charge on any atom is 0.408 e. The van der Waals surface area contributed by atoms with Gasteiger partial charge in [-0.05, 0) is 129 Å². The van der Waals surface area contributed by atoms with Crippen LogP contribution in [0.4, 0.5) is 21.0 Å². The van der Waals surface area contributed by atoms with E-state index in [4.69, 9.17) is 52.1 Å². The molecule has 1 aliphatic rings. The van der Waals surface area contributed by atoms with E-state index in [1.807, 2.05) is 109 Å². The first-order valence-electron chi connectivity index (χ1n) is 24.3. The molecule has 0 bridgehead atoms. The zero-order valence-corrected chi connectivity index (χ0v) is 42.8. The van der Waals surface area contributed by atoms with Gasteiger partial charge < -0.3 is 45.1 Å². The quantitative estimate of drug-likeness (QED) is 0.0477. The number of amides is 3. The van der Waals surface area contributed by atoms with Gasteiger partial charge in [-0.15, -0.1) is 0 Å². The largest absolute Gasteiger partial charge is 0.497 e. The number of aromatic nitrogens is 2. The number of hydrogen-bond donors (Lipinski definition) is 4. The van der Waals surface area contributed by atoms with E-state index >= 15 is 0 Å². The molecule has 9 rings (SSSR count). The van der Waals surface area contributed by atoms with Crippen molar-refractivity contribution in [3.63, 3.8) is 0 Å². The third-order valence-corrected chi connectivity index (χ3v) is 13.3. The van der Waals surface area contributed by atoms with Gasteiger partial charge in [0.2, 0.25) is 5.91 Å². The van der Waals surface area contributed by atoms with Crippen LogP contribution in [0.2, 0.25) is 10.0 Å². The topological polar surface area (TPSA) is 165 Å². The van der Waals surface area contributed by atoms with Gasteiger partial charge in [0.1, 0.15) is 29.7 Å². The average molecular weight is 1020 g/mol. The van der Waals surface area contributed by atoms with Crippen LogP contribution in [-0.4, -0.2) is 98.2 Å². The van der Waals surface area contributed by atoms with E-state index < -0.39 is 29.7 Å². The average Bonchev–Trinajstić information content (AvgIpc) is 3.70. The number of halogens is 2. The van der Waals surface area contributed by atoms with Crippen LogP contribution in [0.15, 0.2) is 121 Å². The monoisotopic (exact) mass is 1020 g/mol. The van der Waals surface area contributed by atoms with E-state index in [0.29, 0.717) is 47.5 Å². The zero-order chi connectivity index (χ0) is 51.2. The molecule has 14 nitrogen and oxygen atoms in total. The number of nitrogens with zero attached hydrogens (tertiary/aromatic N) is 3. The minimum Gasteiger partial charge on any atom is -0.497 e. The van der Waals surface area contributed by atoms with Gasteiger partial charge >= 0.3 is 12.2 Å². The smallest absolute Gasteiger partial charge is 0.408 e. The number of carbonyl (C=O) groups excluding carboxylic acids is 3. The maximum atomic E-state index is 15.0. The van der Waals surface area contributed by atoms with Crippen LogP contribution in [0.3, 0.4) is 0 Å². The number of carbonyl (C=O) groups is 3. The van der Waals surface area contributed by atoms with Gasteiger partial charge in [-0.2, -0.15) is 0 Å². The summed E-state index contributed by atoms with van der Waals surface area (Å²) in [5.41, 5.74) is 8.17. The summed E-state index contributed by atoms with van der Waals surface area (Å²) < 4.78 is 22.7. The molecule has 0 radical (unpaired) electrons. The van der Waals surface area contributed by atoms with Gasteiger partial charge in [0, 0.05) is 63.7 Å². The second-order valence-electron chi connectivity index (χ2n) is 18.9. The van der Waals surface area contributed by atoms with Gasteiger partial charge in [-0.1, -0.05) is 71.7 Å². The predicted octanol–water partition coefficient (Wildman–Crippen LogP) is 12.0. The number of ether oxygens (including phenoxy) is 4. The first-order valence-corrected chi connectivity index (χ1v) is 25.0. The summed E-state index contributed by atoms with van der Waals surface area (Å²) in [5, 5.41) is 17.4. The highest BCUT2D eigenvalue weighted by Gasteiger charge is 2.31. The standard InChI is InChI=1S/C57H57Cl2N7O7/c1-57(2,3)73-56(69)65-51(32-62-55(68)72-33-46-40-14-8-6-12-38(40)39-13-7-9-15-41(39)46)54(67)66(26-10-24-60-52-42-20-16-34(58)28-49(42)63-47-22-18-36(70-4)30-44(47)52)27-11-25-61-53-43-21-17-35(59)29-50(43)64-48-23-19-37(71-5)31-45(48)53/h6-9,12-23,28-31,46,51H,10-11,24-27,32-33H2,1-5H3,(H,60,63)(H,61,64)(H,62,68)(H,65,69)/t51-/m0/s1. The number of methoxy groups -OCH3 is 2. The van der Waals surface area contributed by atoms with E-state index in [2.05, 4.69) is 33.4 Å². The Labute approximate surface area is 433 Å². The van der Waals surface area contributed by atoms with E-state index in [0.717, 1.165) is 77.2 Å². The molecular formula is C57H57Cl2N7O7. The number of anilines is 2. The van der Waals surface area contributed by atoms with Crippen molar-refractivity contribution < 1.29 is 33.3 Å². The third kappa shape index (κ3) is 11.6. The normalized spacial score (nSPS) is 12.5. The minimum atomic E-state index is -1.22. The number of alkyl carbamates (subject to hydrolysis) is 2. The molecule has 16 heteroatoms. The molecule has 376 valence electrons. The van der Waals surface area contributed by atoms with E-state index in [-0.39, 0.29) is 32.2 Å². The molecule has 1 aliphatic carbocycles. The fourth-order valence-electron chi connectivity index (χ4n) is 9.43. The van der Waals surface area contributed by atoms with E-state index in [1.165, 1.54) is 0 Å². The Kier molecular flexibility index (Phi) is 15.2. The van der Waals surface area contributed by atoms with Crippen molar-refractivity contribution in [2.45, 2.75) is 51.2 Å². The van der Waals surface area contributed by atoms with Crippen LogP contribution in [0, 0.1) is 0 Å².